The Morgan fingerprint density at radius 1 is 1.29 bits per heavy atom. The van der Waals surface area contributed by atoms with E-state index in [1.165, 1.54) is 25.7 Å². The molecule has 0 bridgehead atoms. The number of aliphatic hydroxyl groups excluding tert-OH is 1. The molecular formula is C14H29NOS. The zero-order valence-corrected chi connectivity index (χ0v) is 12.4. The van der Waals surface area contributed by atoms with Gasteiger partial charge in [-0.05, 0) is 31.2 Å². The third-order valence-corrected chi connectivity index (χ3v) is 4.82. The average molecular weight is 259 g/mol. The molecule has 0 radical (unpaired) electrons. The van der Waals surface area contributed by atoms with Gasteiger partial charge in [0, 0.05) is 17.5 Å². The van der Waals surface area contributed by atoms with Crippen molar-refractivity contribution < 1.29 is 5.11 Å². The van der Waals surface area contributed by atoms with Crippen LogP contribution in [0, 0.1) is 11.8 Å². The Bertz CT molecular complexity index is 199. The summed E-state index contributed by atoms with van der Waals surface area (Å²) in [5, 5.41) is 14.0. The third kappa shape index (κ3) is 7.32. The van der Waals surface area contributed by atoms with Crippen LogP contribution in [0.3, 0.4) is 0 Å². The van der Waals surface area contributed by atoms with E-state index in [0.717, 1.165) is 30.0 Å². The van der Waals surface area contributed by atoms with Crippen LogP contribution in [0.2, 0.25) is 0 Å². The molecule has 1 rings (SSSR count). The molecule has 1 aliphatic rings. The number of rotatable bonds is 7. The molecule has 0 spiro atoms. The zero-order chi connectivity index (χ0) is 12.7. The fraction of sp³-hybridized carbons (Fsp3) is 1.00. The summed E-state index contributed by atoms with van der Waals surface area (Å²) in [7, 11) is 0. The summed E-state index contributed by atoms with van der Waals surface area (Å²) in [6, 6.07) is 0. The number of thioether (sulfide) groups is 1. The maximum absolute atomic E-state index is 9.88. The maximum atomic E-state index is 9.88. The summed E-state index contributed by atoms with van der Waals surface area (Å²) in [6.45, 7) is 8.48. The van der Waals surface area contributed by atoms with Gasteiger partial charge in [-0.25, -0.2) is 0 Å². The molecular weight excluding hydrogens is 230 g/mol. The quantitative estimate of drug-likeness (QED) is 0.737. The second-order valence-corrected chi connectivity index (χ2v) is 7.27. The first-order valence-corrected chi connectivity index (χ1v) is 8.13. The van der Waals surface area contributed by atoms with E-state index in [1.807, 2.05) is 11.8 Å². The lowest BCUT2D eigenvalue weighted by atomic mass is 9.91. The first kappa shape index (κ1) is 15.3. The van der Waals surface area contributed by atoms with Gasteiger partial charge in [-0.1, -0.05) is 33.6 Å². The lowest BCUT2D eigenvalue weighted by molar-refractivity contribution is 0.194. The van der Waals surface area contributed by atoms with Crippen molar-refractivity contribution in [3.63, 3.8) is 0 Å². The van der Waals surface area contributed by atoms with Crippen LogP contribution in [0.5, 0.6) is 0 Å². The largest absolute Gasteiger partial charge is 0.391 e. The maximum Gasteiger partial charge on any atom is 0.0754 e. The molecule has 3 heteroatoms. The minimum atomic E-state index is -0.184. The van der Waals surface area contributed by atoms with Crippen molar-refractivity contribution in [2.45, 2.75) is 57.8 Å². The number of hydrogen-bond donors (Lipinski definition) is 2. The Morgan fingerprint density at radius 2 is 2.06 bits per heavy atom. The molecule has 2 N–H and O–H groups in total. The standard InChI is InChI=1S/C14H29NOS/c1-11(2)8-15-9-13(16)10-17-14-6-4-5-12(3)7-14/h11-16H,4-10H2,1-3H3. The number of hydrogen-bond acceptors (Lipinski definition) is 3. The van der Waals surface area contributed by atoms with E-state index in [1.54, 1.807) is 0 Å². The van der Waals surface area contributed by atoms with Gasteiger partial charge in [-0.15, -0.1) is 0 Å². The third-order valence-electron chi connectivity index (χ3n) is 3.35. The van der Waals surface area contributed by atoms with Crippen LogP contribution >= 0.6 is 11.8 Å². The Hall–Kier alpha value is 0.270. The van der Waals surface area contributed by atoms with Gasteiger partial charge in [-0.2, -0.15) is 11.8 Å². The Morgan fingerprint density at radius 3 is 2.71 bits per heavy atom. The van der Waals surface area contributed by atoms with Crippen molar-refractivity contribution in [1.29, 1.82) is 0 Å². The molecule has 1 aliphatic carbocycles. The summed E-state index contributed by atoms with van der Waals surface area (Å²) >= 11 is 1.98. The summed E-state index contributed by atoms with van der Waals surface area (Å²) in [5.74, 6) is 2.44. The van der Waals surface area contributed by atoms with Crippen LogP contribution in [0.1, 0.15) is 46.5 Å². The average Bonchev–Trinajstić information content (AvgIpc) is 2.26. The lowest BCUT2D eigenvalue weighted by Crippen LogP contribution is -2.31. The Labute approximate surface area is 111 Å². The Kier molecular flexibility index (Phi) is 7.56. The van der Waals surface area contributed by atoms with Crippen molar-refractivity contribution >= 4 is 11.8 Å². The number of nitrogens with one attached hydrogen (secondary N) is 1. The highest BCUT2D eigenvalue weighted by atomic mass is 32.2. The highest BCUT2D eigenvalue weighted by molar-refractivity contribution is 7.99. The van der Waals surface area contributed by atoms with E-state index in [4.69, 9.17) is 0 Å². The molecule has 2 nitrogen and oxygen atoms in total. The molecule has 0 aromatic carbocycles. The highest BCUT2D eigenvalue weighted by Gasteiger charge is 2.19. The van der Waals surface area contributed by atoms with Gasteiger partial charge in [0.05, 0.1) is 6.10 Å². The van der Waals surface area contributed by atoms with Crippen LogP contribution in [-0.2, 0) is 0 Å². The van der Waals surface area contributed by atoms with E-state index in [0.29, 0.717) is 5.92 Å². The molecule has 17 heavy (non-hydrogen) atoms. The van der Waals surface area contributed by atoms with Crippen LogP contribution < -0.4 is 5.32 Å². The minimum Gasteiger partial charge on any atom is -0.391 e. The summed E-state index contributed by atoms with van der Waals surface area (Å²) in [6.07, 6.45) is 5.28. The smallest absolute Gasteiger partial charge is 0.0754 e. The molecule has 1 saturated carbocycles. The molecule has 102 valence electrons. The van der Waals surface area contributed by atoms with Crippen molar-refractivity contribution in [1.82, 2.24) is 5.32 Å². The van der Waals surface area contributed by atoms with E-state index in [9.17, 15) is 5.11 Å². The van der Waals surface area contributed by atoms with Gasteiger partial charge in [-0.3, -0.25) is 0 Å². The van der Waals surface area contributed by atoms with Gasteiger partial charge >= 0.3 is 0 Å². The minimum absolute atomic E-state index is 0.184. The molecule has 0 heterocycles. The predicted molar refractivity (Wildman–Crippen MR) is 77.6 cm³/mol. The van der Waals surface area contributed by atoms with E-state index >= 15 is 0 Å². The van der Waals surface area contributed by atoms with Crippen molar-refractivity contribution in [2.75, 3.05) is 18.8 Å². The van der Waals surface area contributed by atoms with Crippen molar-refractivity contribution in [3.8, 4) is 0 Å². The van der Waals surface area contributed by atoms with Gasteiger partial charge in [0.25, 0.3) is 0 Å². The molecule has 0 aromatic heterocycles. The molecule has 3 atom stereocenters. The molecule has 3 unspecified atom stereocenters. The zero-order valence-electron chi connectivity index (χ0n) is 11.6. The van der Waals surface area contributed by atoms with Crippen molar-refractivity contribution in [3.05, 3.63) is 0 Å². The predicted octanol–water partition coefficient (Wildman–Crippen LogP) is 2.90. The molecule has 0 aromatic rings. The summed E-state index contributed by atoms with van der Waals surface area (Å²) in [5.41, 5.74) is 0. The van der Waals surface area contributed by atoms with Gasteiger partial charge in [0.1, 0.15) is 0 Å². The SMILES string of the molecule is CC(C)CNCC(O)CSC1CCCC(C)C1. The first-order valence-electron chi connectivity index (χ1n) is 7.08. The highest BCUT2D eigenvalue weighted by Crippen LogP contribution is 2.32. The van der Waals surface area contributed by atoms with Crippen LogP contribution in [0.25, 0.3) is 0 Å². The second-order valence-electron chi connectivity index (χ2n) is 5.93. The van der Waals surface area contributed by atoms with Crippen LogP contribution in [-0.4, -0.2) is 35.3 Å². The van der Waals surface area contributed by atoms with E-state index in [2.05, 4.69) is 26.1 Å². The van der Waals surface area contributed by atoms with E-state index < -0.39 is 0 Å². The topological polar surface area (TPSA) is 32.3 Å². The molecule has 0 aliphatic heterocycles. The number of aliphatic hydroxyl groups is 1. The Balaban J connectivity index is 2.04. The fourth-order valence-electron chi connectivity index (χ4n) is 2.37. The van der Waals surface area contributed by atoms with Gasteiger partial charge in [0.15, 0.2) is 0 Å². The summed E-state index contributed by atoms with van der Waals surface area (Å²) in [4.78, 5) is 0. The first-order chi connectivity index (χ1) is 8.08. The molecule has 0 amide bonds. The molecule has 0 saturated heterocycles. The normalized spacial score (nSPS) is 27.4. The monoisotopic (exact) mass is 259 g/mol. The van der Waals surface area contributed by atoms with Crippen LogP contribution in [0.15, 0.2) is 0 Å². The van der Waals surface area contributed by atoms with Crippen LogP contribution in [0.4, 0.5) is 0 Å². The summed E-state index contributed by atoms with van der Waals surface area (Å²) < 4.78 is 0. The molecule has 1 fully saturated rings. The van der Waals surface area contributed by atoms with E-state index in [-0.39, 0.29) is 6.10 Å². The van der Waals surface area contributed by atoms with Crippen molar-refractivity contribution in [2.24, 2.45) is 11.8 Å². The second kappa shape index (κ2) is 8.39. The van der Waals surface area contributed by atoms with Gasteiger partial charge in [0.2, 0.25) is 0 Å². The fourth-order valence-corrected chi connectivity index (χ4v) is 3.78. The van der Waals surface area contributed by atoms with Gasteiger partial charge < -0.3 is 10.4 Å². The lowest BCUT2D eigenvalue weighted by Gasteiger charge is -2.27.